The molecule has 1 aromatic carbocycles. The molecule has 5 nitrogen and oxygen atoms in total. The topological polar surface area (TPSA) is 71.1 Å². The Bertz CT molecular complexity index is 785. The van der Waals surface area contributed by atoms with Crippen molar-refractivity contribution >= 4 is 29.1 Å². The van der Waals surface area contributed by atoms with Crippen LogP contribution in [0.2, 0.25) is 10.0 Å². The second kappa shape index (κ2) is 7.30. The van der Waals surface area contributed by atoms with Gasteiger partial charge in [-0.05, 0) is 12.1 Å². The first kappa shape index (κ1) is 18.4. The lowest BCUT2D eigenvalue weighted by molar-refractivity contribution is -0.137. The summed E-state index contributed by atoms with van der Waals surface area (Å²) in [7, 11) is 1.49. The molecule has 0 aliphatic carbocycles. The molecule has 0 aliphatic rings. The van der Waals surface area contributed by atoms with Crippen molar-refractivity contribution in [3.8, 4) is 17.5 Å². The van der Waals surface area contributed by atoms with E-state index >= 15 is 0 Å². The lowest BCUT2D eigenvalue weighted by Crippen LogP contribution is -2.07. The number of hydrogen-bond acceptors (Lipinski definition) is 5. The summed E-state index contributed by atoms with van der Waals surface area (Å²) < 4.78 is 49.2. The number of aromatic nitrogens is 1. The fraction of sp³-hybridized carbons (Fsp3) is 0.286. The van der Waals surface area contributed by atoms with Crippen LogP contribution in [0.3, 0.4) is 0 Å². The van der Waals surface area contributed by atoms with E-state index in [2.05, 4.69) is 10.3 Å². The first-order valence-electron chi connectivity index (χ1n) is 6.48. The van der Waals surface area contributed by atoms with Gasteiger partial charge >= 0.3 is 6.18 Å². The Morgan fingerprint density at radius 2 is 2.08 bits per heavy atom. The van der Waals surface area contributed by atoms with Gasteiger partial charge in [-0.25, -0.2) is 0 Å². The molecular weight excluding hydrogens is 370 g/mol. The lowest BCUT2D eigenvalue weighted by atomic mass is 10.1. The van der Waals surface area contributed by atoms with Gasteiger partial charge < -0.3 is 14.5 Å². The van der Waals surface area contributed by atoms with Crippen LogP contribution in [0.15, 0.2) is 16.5 Å². The molecule has 1 aromatic heterocycles. The summed E-state index contributed by atoms with van der Waals surface area (Å²) in [4.78, 5) is 3.86. The molecule has 10 heteroatoms. The molecule has 0 spiro atoms. The number of benzene rings is 1. The SMILES string of the molecule is COCCNc1oc(-c2cc(Cl)cc(C(F)(F)F)c2Cl)nc1C#N. The molecule has 1 N–H and O–H groups in total. The quantitative estimate of drug-likeness (QED) is 0.768. The van der Waals surface area contributed by atoms with Gasteiger partial charge in [0, 0.05) is 18.7 Å². The maximum Gasteiger partial charge on any atom is 0.417 e. The molecule has 0 amide bonds. The molecule has 2 aromatic rings. The van der Waals surface area contributed by atoms with Crippen LogP contribution in [0.5, 0.6) is 0 Å². The van der Waals surface area contributed by atoms with Crippen molar-refractivity contribution in [2.75, 3.05) is 25.6 Å². The number of nitriles is 1. The number of methoxy groups -OCH3 is 1. The van der Waals surface area contributed by atoms with E-state index in [1.54, 1.807) is 6.07 Å². The Labute approximate surface area is 144 Å². The first-order chi connectivity index (χ1) is 11.3. The minimum absolute atomic E-state index is 0.00847. The minimum atomic E-state index is -4.69. The number of nitrogens with one attached hydrogen (secondary N) is 1. The smallest absolute Gasteiger partial charge is 0.417 e. The van der Waals surface area contributed by atoms with E-state index in [0.29, 0.717) is 19.2 Å². The number of rotatable bonds is 5. The third-order valence-electron chi connectivity index (χ3n) is 2.90. The molecule has 128 valence electrons. The highest BCUT2D eigenvalue weighted by atomic mass is 35.5. The van der Waals surface area contributed by atoms with Gasteiger partial charge in [-0.2, -0.15) is 23.4 Å². The zero-order valence-corrected chi connectivity index (χ0v) is 13.7. The van der Waals surface area contributed by atoms with E-state index in [-0.39, 0.29) is 28.1 Å². The molecule has 24 heavy (non-hydrogen) atoms. The summed E-state index contributed by atoms with van der Waals surface area (Å²) in [5.41, 5.74) is -1.39. The number of halogens is 5. The van der Waals surface area contributed by atoms with Gasteiger partial charge in [0.25, 0.3) is 0 Å². The zero-order chi connectivity index (χ0) is 17.9. The second-order valence-corrected chi connectivity index (χ2v) is 5.36. The number of alkyl halides is 3. The van der Waals surface area contributed by atoms with Crippen molar-refractivity contribution in [2.45, 2.75) is 6.18 Å². The standard InChI is InChI=1S/C14H10Cl2F3N3O2/c1-23-3-2-21-13-10(6-20)22-12(24-13)8-4-7(15)5-9(11(8)16)14(17,18)19/h4-5,21H,2-3H2,1H3. The number of oxazole rings is 1. The predicted octanol–water partition coefficient (Wildman–Crippen LogP) is 4.60. The fourth-order valence-electron chi connectivity index (χ4n) is 1.85. The molecule has 0 fully saturated rings. The van der Waals surface area contributed by atoms with Gasteiger partial charge in [0.05, 0.1) is 22.8 Å². The van der Waals surface area contributed by atoms with Crippen LogP contribution >= 0.6 is 23.2 Å². The third-order valence-corrected chi connectivity index (χ3v) is 3.52. The maximum absolute atomic E-state index is 13.0. The number of nitrogens with zero attached hydrogens (tertiary/aromatic N) is 2. The highest BCUT2D eigenvalue weighted by Crippen LogP contribution is 2.42. The monoisotopic (exact) mass is 379 g/mol. The highest BCUT2D eigenvalue weighted by molar-refractivity contribution is 6.36. The summed E-state index contributed by atoms with van der Waals surface area (Å²) in [6.07, 6.45) is -4.69. The van der Waals surface area contributed by atoms with Crippen molar-refractivity contribution < 1.29 is 22.3 Å². The van der Waals surface area contributed by atoms with Crippen LogP contribution in [0.4, 0.5) is 19.1 Å². The van der Waals surface area contributed by atoms with Gasteiger partial charge in [0.15, 0.2) is 0 Å². The normalized spacial score (nSPS) is 11.4. The Morgan fingerprint density at radius 3 is 2.67 bits per heavy atom. The van der Waals surface area contributed by atoms with Gasteiger partial charge in [-0.1, -0.05) is 23.2 Å². The summed E-state index contributed by atoms with van der Waals surface area (Å²) in [5, 5.41) is 11.0. The molecule has 2 rings (SSSR count). The predicted molar refractivity (Wildman–Crippen MR) is 82.0 cm³/mol. The van der Waals surface area contributed by atoms with E-state index in [0.717, 1.165) is 0 Å². The molecule has 0 atom stereocenters. The van der Waals surface area contributed by atoms with Crippen molar-refractivity contribution in [1.82, 2.24) is 4.98 Å². The first-order valence-corrected chi connectivity index (χ1v) is 7.24. The largest absolute Gasteiger partial charge is 0.419 e. The van der Waals surface area contributed by atoms with E-state index in [1.165, 1.54) is 13.2 Å². The number of anilines is 1. The number of ether oxygens (including phenoxy) is 1. The van der Waals surface area contributed by atoms with Crippen molar-refractivity contribution in [2.24, 2.45) is 0 Å². The summed E-state index contributed by atoms with van der Waals surface area (Å²) in [6, 6.07) is 3.68. The Balaban J connectivity index is 2.49. The fourth-order valence-corrected chi connectivity index (χ4v) is 2.36. The molecule has 0 unspecified atom stereocenters. The molecule has 0 saturated carbocycles. The van der Waals surface area contributed by atoms with E-state index in [1.807, 2.05) is 0 Å². The van der Waals surface area contributed by atoms with Gasteiger partial charge in [-0.3, -0.25) is 0 Å². The van der Waals surface area contributed by atoms with E-state index in [9.17, 15) is 13.2 Å². The second-order valence-electron chi connectivity index (χ2n) is 4.54. The van der Waals surface area contributed by atoms with Crippen LogP contribution < -0.4 is 5.32 Å². The van der Waals surface area contributed by atoms with Crippen LogP contribution in [-0.2, 0) is 10.9 Å². The highest BCUT2D eigenvalue weighted by Gasteiger charge is 2.35. The summed E-state index contributed by atoms with van der Waals surface area (Å²) in [6.45, 7) is 0.647. The van der Waals surface area contributed by atoms with Crippen LogP contribution in [-0.4, -0.2) is 25.2 Å². The minimum Gasteiger partial charge on any atom is -0.419 e. The lowest BCUT2D eigenvalue weighted by Gasteiger charge is -2.11. The number of hydrogen-bond donors (Lipinski definition) is 1. The van der Waals surface area contributed by atoms with E-state index < -0.39 is 16.8 Å². The van der Waals surface area contributed by atoms with Gasteiger partial charge in [0.1, 0.15) is 6.07 Å². The van der Waals surface area contributed by atoms with Crippen molar-refractivity contribution in [1.29, 1.82) is 5.26 Å². The average molecular weight is 380 g/mol. The van der Waals surface area contributed by atoms with Crippen LogP contribution in [0.1, 0.15) is 11.3 Å². The Hall–Kier alpha value is -1.95. The van der Waals surface area contributed by atoms with E-state index in [4.69, 9.17) is 37.6 Å². The summed E-state index contributed by atoms with van der Waals surface area (Å²) >= 11 is 11.6. The summed E-state index contributed by atoms with van der Waals surface area (Å²) in [5.74, 6) is -0.237. The van der Waals surface area contributed by atoms with Crippen LogP contribution in [0, 0.1) is 11.3 Å². The van der Waals surface area contributed by atoms with Gasteiger partial charge in [0.2, 0.25) is 17.5 Å². The Morgan fingerprint density at radius 1 is 1.38 bits per heavy atom. The zero-order valence-electron chi connectivity index (χ0n) is 12.2. The molecule has 0 radical (unpaired) electrons. The third kappa shape index (κ3) is 3.93. The van der Waals surface area contributed by atoms with Crippen molar-refractivity contribution in [3.05, 3.63) is 33.4 Å². The molecular formula is C14H10Cl2F3N3O2. The molecule has 0 bridgehead atoms. The molecule has 0 aliphatic heterocycles. The maximum atomic E-state index is 13.0. The van der Waals surface area contributed by atoms with Gasteiger partial charge in [-0.15, -0.1) is 0 Å². The molecule has 0 saturated heterocycles. The average Bonchev–Trinajstić information content (AvgIpc) is 2.91. The Kier molecular flexibility index (Phi) is 5.59. The van der Waals surface area contributed by atoms with Crippen LogP contribution in [0.25, 0.3) is 11.5 Å². The molecule has 1 heterocycles. The van der Waals surface area contributed by atoms with Crippen molar-refractivity contribution in [3.63, 3.8) is 0 Å².